The monoisotopic (exact) mass is 260 g/mol. The maximum atomic E-state index is 12.3. The summed E-state index contributed by atoms with van der Waals surface area (Å²) >= 11 is 0. The second-order valence-electron chi connectivity index (χ2n) is 5.61. The molecule has 0 saturated heterocycles. The van der Waals surface area contributed by atoms with E-state index in [1.165, 1.54) is 11.3 Å². The molecule has 1 saturated carbocycles. The molecule has 102 valence electrons. The SMILES string of the molecule is CC1=C(C)C(=O)N(C2(C#N)CCCCCCC2)C1=O. The van der Waals surface area contributed by atoms with Crippen LogP contribution >= 0.6 is 0 Å². The van der Waals surface area contributed by atoms with E-state index >= 15 is 0 Å². The summed E-state index contributed by atoms with van der Waals surface area (Å²) in [4.78, 5) is 25.8. The largest absolute Gasteiger partial charge is 0.269 e. The van der Waals surface area contributed by atoms with Crippen molar-refractivity contribution >= 4 is 11.8 Å². The Kier molecular flexibility index (Phi) is 3.75. The molecule has 2 rings (SSSR count). The number of carbonyl (C=O) groups excluding carboxylic acids is 2. The minimum absolute atomic E-state index is 0.273. The summed E-state index contributed by atoms with van der Waals surface area (Å²) in [6, 6.07) is 2.29. The van der Waals surface area contributed by atoms with Crippen molar-refractivity contribution in [3.05, 3.63) is 11.1 Å². The Balaban J connectivity index is 2.34. The summed E-state index contributed by atoms with van der Waals surface area (Å²) in [5.41, 5.74) is 0.0523. The van der Waals surface area contributed by atoms with E-state index in [1.54, 1.807) is 13.8 Å². The van der Waals surface area contributed by atoms with Gasteiger partial charge in [-0.15, -0.1) is 0 Å². The first-order chi connectivity index (χ1) is 9.03. The Labute approximate surface area is 114 Å². The van der Waals surface area contributed by atoms with Crippen molar-refractivity contribution in [1.29, 1.82) is 5.26 Å². The predicted octanol–water partition coefficient (Wildman–Crippen LogP) is 2.70. The van der Waals surface area contributed by atoms with Crippen LogP contribution in [0.3, 0.4) is 0 Å². The van der Waals surface area contributed by atoms with E-state index in [0.717, 1.165) is 25.7 Å². The minimum atomic E-state index is -0.923. The highest BCUT2D eigenvalue weighted by molar-refractivity contribution is 6.19. The molecule has 2 amide bonds. The van der Waals surface area contributed by atoms with Gasteiger partial charge >= 0.3 is 0 Å². The van der Waals surface area contributed by atoms with Crippen molar-refractivity contribution in [3.8, 4) is 6.07 Å². The standard InChI is InChI=1S/C15H20N2O2/c1-11-12(2)14(19)17(13(11)18)15(10-16)8-6-4-3-5-7-9-15/h3-9H2,1-2H3. The van der Waals surface area contributed by atoms with Crippen LogP contribution in [0.15, 0.2) is 11.1 Å². The third kappa shape index (κ3) is 2.18. The average Bonchev–Trinajstić information content (AvgIpc) is 2.56. The Morgan fingerprint density at radius 2 is 1.37 bits per heavy atom. The Morgan fingerprint density at radius 1 is 0.947 bits per heavy atom. The molecule has 1 fully saturated rings. The lowest BCUT2D eigenvalue weighted by atomic mass is 9.83. The number of hydrogen-bond donors (Lipinski definition) is 0. The molecule has 4 heteroatoms. The number of imide groups is 1. The first-order valence-corrected chi connectivity index (χ1v) is 7.01. The van der Waals surface area contributed by atoms with Crippen LogP contribution in [-0.2, 0) is 9.59 Å². The molecule has 2 aliphatic rings. The van der Waals surface area contributed by atoms with Crippen LogP contribution in [0.1, 0.15) is 58.8 Å². The van der Waals surface area contributed by atoms with Crippen LogP contribution in [0.5, 0.6) is 0 Å². The Hall–Kier alpha value is -1.63. The van der Waals surface area contributed by atoms with Gasteiger partial charge in [0.1, 0.15) is 5.54 Å². The molecule has 0 aromatic heterocycles. The first-order valence-electron chi connectivity index (χ1n) is 7.01. The summed E-state index contributed by atoms with van der Waals surface area (Å²) in [6.45, 7) is 3.34. The van der Waals surface area contributed by atoms with E-state index in [0.29, 0.717) is 24.0 Å². The molecule has 0 radical (unpaired) electrons. The molecule has 4 nitrogen and oxygen atoms in total. The molecule has 0 aromatic carbocycles. The fourth-order valence-corrected chi connectivity index (χ4v) is 3.01. The third-order valence-electron chi connectivity index (χ3n) is 4.43. The fourth-order valence-electron chi connectivity index (χ4n) is 3.01. The number of carbonyl (C=O) groups is 2. The molecule has 0 unspecified atom stereocenters. The van der Waals surface area contributed by atoms with E-state index in [9.17, 15) is 14.9 Å². The molecule has 0 N–H and O–H groups in total. The van der Waals surface area contributed by atoms with Gasteiger partial charge in [0.25, 0.3) is 11.8 Å². The molecular weight excluding hydrogens is 240 g/mol. The molecule has 1 aliphatic carbocycles. The zero-order valence-corrected chi connectivity index (χ0v) is 11.7. The summed E-state index contributed by atoms with van der Waals surface area (Å²) < 4.78 is 0. The van der Waals surface area contributed by atoms with Gasteiger partial charge in [-0.05, 0) is 26.7 Å². The van der Waals surface area contributed by atoms with E-state index < -0.39 is 5.54 Å². The molecule has 0 atom stereocenters. The maximum Gasteiger partial charge on any atom is 0.258 e. The number of nitrogens with zero attached hydrogens (tertiary/aromatic N) is 2. The normalized spacial score (nSPS) is 24.2. The van der Waals surface area contributed by atoms with Gasteiger partial charge < -0.3 is 0 Å². The molecule has 0 bridgehead atoms. The van der Waals surface area contributed by atoms with Gasteiger partial charge in [-0.1, -0.05) is 32.1 Å². The highest BCUT2D eigenvalue weighted by Gasteiger charge is 2.48. The second-order valence-corrected chi connectivity index (χ2v) is 5.61. The quantitative estimate of drug-likeness (QED) is 0.681. The third-order valence-corrected chi connectivity index (χ3v) is 4.43. The molecule has 1 aliphatic heterocycles. The summed E-state index contributed by atoms with van der Waals surface area (Å²) in [7, 11) is 0. The number of rotatable bonds is 1. The van der Waals surface area contributed by atoms with Crippen LogP contribution in [0.4, 0.5) is 0 Å². The summed E-state index contributed by atoms with van der Waals surface area (Å²) in [5.74, 6) is -0.547. The first kappa shape index (κ1) is 13.8. The highest BCUT2D eigenvalue weighted by atomic mass is 16.2. The van der Waals surface area contributed by atoms with Gasteiger partial charge in [-0.2, -0.15) is 5.26 Å². The maximum absolute atomic E-state index is 12.3. The van der Waals surface area contributed by atoms with E-state index in [2.05, 4.69) is 6.07 Å². The van der Waals surface area contributed by atoms with Gasteiger partial charge in [0.05, 0.1) is 6.07 Å². The van der Waals surface area contributed by atoms with E-state index in [-0.39, 0.29) is 11.8 Å². The number of hydrogen-bond acceptors (Lipinski definition) is 3. The highest BCUT2D eigenvalue weighted by Crippen LogP contribution is 2.36. The van der Waals surface area contributed by atoms with Crippen LogP contribution < -0.4 is 0 Å². The van der Waals surface area contributed by atoms with Crippen LogP contribution in [-0.4, -0.2) is 22.3 Å². The van der Waals surface area contributed by atoms with E-state index in [1.807, 2.05) is 0 Å². The van der Waals surface area contributed by atoms with E-state index in [4.69, 9.17) is 0 Å². The molecule has 0 spiro atoms. The lowest BCUT2D eigenvalue weighted by molar-refractivity contribution is -0.143. The Morgan fingerprint density at radius 3 is 1.79 bits per heavy atom. The summed E-state index contributed by atoms with van der Waals surface area (Å²) in [5, 5.41) is 9.61. The zero-order chi connectivity index (χ0) is 14.0. The topological polar surface area (TPSA) is 61.2 Å². The number of amides is 2. The van der Waals surface area contributed by atoms with Gasteiger partial charge in [0.2, 0.25) is 0 Å². The minimum Gasteiger partial charge on any atom is -0.269 e. The van der Waals surface area contributed by atoms with Crippen LogP contribution in [0.25, 0.3) is 0 Å². The van der Waals surface area contributed by atoms with Crippen molar-refractivity contribution in [2.24, 2.45) is 0 Å². The van der Waals surface area contributed by atoms with Gasteiger partial charge in [-0.3, -0.25) is 14.5 Å². The average molecular weight is 260 g/mol. The van der Waals surface area contributed by atoms with Crippen molar-refractivity contribution in [2.75, 3.05) is 0 Å². The molecular formula is C15H20N2O2. The second kappa shape index (κ2) is 5.16. The predicted molar refractivity (Wildman–Crippen MR) is 70.9 cm³/mol. The Bertz CT molecular complexity index is 453. The fraction of sp³-hybridized carbons (Fsp3) is 0.667. The van der Waals surface area contributed by atoms with Crippen molar-refractivity contribution in [1.82, 2.24) is 4.90 Å². The van der Waals surface area contributed by atoms with Crippen LogP contribution in [0, 0.1) is 11.3 Å². The van der Waals surface area contributed by atoms with Crippen molar-refractivity contribution < 1.29 is 9.59 Å². The van der Waals surface area contributed by atoms with Crippen molar-refractivity contribution in [3.63, 3.8) is 0 Å². The lowest BCUT2D eigenvalue weighted by Gasteiger charge is -2.36. The van der Waals surface area contributed by atoms with Crippen molar-refractivity contribution in [2.45, 2.75) is 64.3 Å². The summed E-state index contributed by atoms with van der Waals surface area (Å²) in [6.07, 6.45) is 6.37. The molecule has 19 heavy (non-hydrogen) atoms. The van der Waals surface area contributed by atoms with Gasteiger partial charge in [0.15, 0.2) is 0 Å². The van der Waals surface area contributed by atoms with Crippen LogP contribution in [0.2, 0.25) is 0 Å². The van der Waals surface area contributed by atoms with Gasteiger partial charge in [-0.25, -0.2) is 0 Å². The zero-order valence-electron chi connectivity index (χ0n) is 11.7. The molecule has 1 heterocycles. The smallest absolute Gasteiger partial charge is 0.258 e. The lowest BCUT2D eigenvalue weighted by Crippen LogP contribution is -2.52. The number of nitriles is 1. The van der Waals surface area contributed by atoms with Gasteiger partial charge in [0, 0.05) is 11.1 Å². The molecule has 0 aromatic rings.